The molecule has 0 aliphatic rings. The molecular weight excluding hydrogens is 318 g/mol. The van der Waals surface area contributed by atoms with Crippen LogP contribution in [0.2, 0.25) is 0 Å². The maximum Gasteiger partial charge on any atom is 0.161 e. The summed E-state index contributed by atoms with van der Waals surface area (Å²) in [7, 11) is 3.32. The van der Waals surface area contributed by atoms with Crippen LogP contribution in [0.4, 0.5) is 0 Å². The third-order valence-electron chi connectivity index (χ3n) is 3.50. The monoisotopic (exact) mass is 343 g/mol. The van der Waals surface area contributed by atoms with E-state index in [9.17, 15) is 0 Å². The lowest BCUT2D eigenvalue weighted by Crippen LogP contribution is -2.29. The molecule has 0 heterocycles. The van der Waals surface area contributed by atoms with Crippen LogP contribution in [0.25, 0.3) is 0 Å². The molecule has 1 aromatic carbocycles. The molecule has 0 atom stereocenters. The van der Waals surface area contributed by atoms with E-state index in [1.165, 1.54) is 5.56 Å². The average Bonchev–Trinajstić information content (AvgIpc) is 2.37. The molecule has 4 heteroatoms. The first kappa shape index (κ1) is 17.3. The summed E-state index contributed by atoms with van der Waals surface area (Å²) in [6.45, 7) is 9.83. The Bertz CT molecular complexity index is 444. The van der Waals surface area contributed by atoms with E-state index in [1.54, 1.807) is 14.2 Å². The lowest BCUT2D eigenvalue weighted by molar-refractivity contribution is 0.352. The highest BCUT2D eigenvalue weighted by Gasteiger charge is 2.25. The molecule has 0 radical (unpaired) electrons. The van der Waals surface area contributed by atoms with Gasteiger partial charge in [0.25, 0.3) is 0 Å². The fourth-order valence-electron chi connectivity index (χ4n) is 2.18. The van der Waals surface area contributed by atoms with E-state index in [2.05, 4.69) is 55.0 Å². The Kier molecular flexibility index (Phi) is 6.34. The van der Waals surface area contributed by atoms with Crippen LogP contribution < -0.4 is 14.8 Å². The van der Waals surface area contributed by atoms with Crippen molar-refractivity contribution in [2.24, 2.45) is 0 Å². The zero-order valence-electron chi connectivity index (χ0n) is 13.3. The van der Waals surface area contributed by atoms with Crippen molar-refractivity contribution in [1.29, 1.82) is 0 Å². The minimum atomic E-state index is 0.0558. The van der Waals surface area contributed by atoms with Crippen molar-refractivity contribution in [2.45, 2.75) is 45.6 Å². The summed E-state index contributed by atoms with van der Waals surface area (Å²) in [5.74, 6) is 1.52. The highest BCUT2D eigenvalue weighted by Crippen LogP contribution is 2.40. The number of hydrogen-bond acceptors (Lipinski definition) is 3. The molecule has 0 aliphatic heterocycles. The predicted molar refractivity (Wildman–Crippen MR) is 88.0 cm³/mol. The molecule has 0 amide bonds. The topological polar surface area (TPSA) is 30.5 Å². The van der Waals surface area contributed by atoms with Crippen LogP contribution >= 0.6 is 15.9 Å². The molecule has 0 aromatic heterocycles. The van der Waals surface area contributed by atoms with Crippen LogP contribution in [0.5, 0.6) is 11.5 Å². The van der Waals surface area contributed by atoms with E-state index in [0.29, 0.717) is 6.04 Å². The molecule has 0 saturated carbocycles. The molecule has 0 unspecified atom stereocenters. The van der Waals surface area contributed by atoms with Gasteiger partial charge in [-0.2, -0.15) is 0 Å². The van der Waals surface area contributed by atoms with E-state index in [4.69, 9.17) is 9.47 Å². The van der Waals surface area contributed by atoms with Gasteiger partial charge in [-0.15, -0.1) is 0 Å². The number of methoxy groups -OCH3 is 2. The average molecular weight is 344 g/mol. The molecule has 0 bridgehead atoms. The number of hydrogen-bond donors (Lipinski definition) is 1. The molecule has 0 spiro atoms. The molecular formula is C16H26BrNO2. The fourth-order valence-corrected chi connectivity index (χ4v) is 3.04. The van der Waals surface area contributed by atoms with Gasteiger partial charge in [0.05, 0.1) is 14.2 Å². The SMILES string of the molecule is COc1cc(Br)c(C(C)(C)CCNC(C)C)cc1OC. The Morgan fingerprint density at radius 2 is 1.70 bits per heavy atom. The van der Waals surface area contributed by atoms with Gasteiger partial charge in [-0.25, -0.2) is 0 Å². The van der Waals surface area contributed by atoms with E-state index >= 15 is 0 Å². The van der Waals surface area contributed by atoms with Crippen LogP contribution in [0, 0.1) is 0 Å². The minimum Gasteiger partial charge on any atom is -0.493 e. The largest absolute Gasteiger partial charge is 0.493 e. The summed E-state index contributed by atoms with van der Waals surface area (Å²) in [5, 5.41) is 3.47. The number of benzene rings is 1. The first-order chi connectivity index (χ1) is 9.31. The van der Waals surface area contributed by atoms with Crippen molar-refractivity contribution in [1.82, 2.24) is 5.32 Å². The summed E-state index contributed by atoms with van der Waals surface area (Å²) < 4.78 is 11.8. The van der Waals surface area contributed by atoms with Crippen molar-refractivity contribution in [3.05, 3.63) is 22.2 Å². The van der Waals surface area contributed by atoms with Crippen LogP contribution in [0.1, 0.15) is 39.7 Å². The Morgan fingerprint density at radius 1 is 1.15 bits per heavy atom. The van der Waals surface area contributed by atoms with Crippen LogP contribution in [-0.4, -0.2) is 26.8 Å². The molecule has 0 aliphatic carbocycles. The summed E-state index contributed by atoms with van der Waals surface area (Å²) in [6.07, 6.45) is 1.05. The van der Waals surface area contributed by atoms with Gasteiger partial charge in [0.2, 0.25) is 0 Å². The molecule has 1 aromatic rings. The Morgan fingerprint density at radius 3 is 2.20 bits per heavy atom. The predicted octanol–water partition coefficient (Wildman–Crippen LogP) is 4.13. The third kappa shape index (κ3) is 4.38. The maximum atomic E-state index is 5.41. The second-order valence-corrected chi connectivity index (χ2v) is 6.78. The first-order valence-corrected chi connectivity index (χ1v) is 7.76. The molecule has 114 valence electrons. The van der Waals surface area contributed by atoms with E-state index < -0.39 is 0 Å². The molecule has 1 rings (SSSR count). The maximum absolute atomic E-state index is 5.41. The second kappa shape index (κ2) is 7.32. The van der Waals surface area contributed by atoms with Crippen molar-refractivity contribution in [3.63, 3.8) is 0 Å². The van der Waals surface area contributed by atoms with Gasteiger partial charge in [-0.3, -0.25) is 0 Å². The van der Waals surface area contributed by atoms with Crippen LogP contribution in [0.3, 0.4) is 0 Å². The zero-order valence-corrected chi connectivity index (χ0v) is 14.9. The minimum absolute atomic E-state index is 0.0558. The Hall–Kier alpha value is -0.740. The van der Waals surface area contributed by atoms with Crippen LogP contribution in [-0.2, 0) is 5.41 Å². The number of nitrogens with one attached hydrogen (secondary N) is 1. The molecule has 0 fully saturated rings. The smallest absolute Gasteiger partial charge is 0.161 e. The lowest BCUT2D eigenvalue weighted by Gasteiger charge is -2.28. The van der Waals surface area contributed by atoms with Gasteiger partial charge in [0.15, 0.2) is 11.5 Å². The normalized spacial score (nSPS) is 11.8. The number of ether oxygens (including phenoxy) is 2. The second-order valence-electron chi connectivity index (χ2n) is 5.93. The van der Waals surface area contributed by atoms with E-state index in [-0.39, 0.29) is 5.41 Å². The summed E-state index contributed by atoms with van der Waals surface area (Å²) in [6, 6.07) is 4.56. The highest BCUT2D eigenvalue weighted by atomic mass is 79.9. The van der Waals surface area contributed by atoms with E-state index in [0.717, 1.165) is 28.9 Å². The Labute approximate surface area is 131 Å². The van der Waals surface area contributed by atoms with Crippen molar-refractivity contribution in [2.75, 3.05) is 20.8 Å². The quantitative estimate of drug-likeness (QED) is 0.807. The first-order valence-electron chi connectivity index (χ1n) is 6.97. The standard InChI is InChI=1S/C16H26BrNO2/c1-11(2)18-8-7-16(3,4)12-9-14(19-5)15(20-6)10-13(12)17/h9-11,18H,7-8H2,1-6H3. The molecule has 1 N–H and O–H groups in total. The van der Waals surface area contributed by atoms with Crippen molar-refractivity contribution in [3.8, 4) is 11.5 Å². The van der Waals surface area contributed by atoms with E-state index in [1.807, 2.05) is 6.07 Å². The summed E-state index contributed by atoms with van der Waals surface area (Å²) in [5.41, 5.74) is 1.29. The number of halogens is 1. The fraction of sp³-hybridized carbons (Fsp3) is 0.625. The van der Waals surface area contributed by atoms with Crippen molar-refractivity contribution >= 4 is 15.9 Å². The summed E-state index contributed by atoms with van der Waals surface area (Å²) >= 11 is 3.65. The molecule has 20 heavy (non-hydrogen) atoms. The number of rotatable bonds is 7. The van der Waals surface area contributed by atoms with Gasteiger partial charge in [0, 0.05) is 10.5 Å². The highest BCUT2D eigenvalue weighted by molar-refractivity contribution is 9.10. The molecule has 3 nitrogen and oxygen atoms in total. The lowest BCUT2D eigenvalue weighted by atomic mass is 9.81. The van der Waals surface area contributed by atoms with Gasteiger partial charge in [-0.05, 0) is 36.1 Å². The van der Waals surface area contributed by atoms with Gasteiger partial charge < -0.3 is 14.8 Å². The van der Waals surface area contributed by atoms with Crippen LogP contribution in [0.15, 0.2) is 16.6 Å². The summed E-state index contributed by atoms with van der Waals surface area (Å²) in [4.78, 5) is 0. The van der Waals surface area contributed by atoms with Gasteiger partial charge in [0.1, 0.15) is 0 Å². The van der Waals surface area contributed by atoms with Gasteiger partial charge in [-0.1, -0.05) is 43.6 Å². The molecule has 0 saturated heterocycles. The van der Waals surface area contributed by atoms with Gasteiger partial charge >= 0.3 is 0 Å². The zero-order chi connectivity index (χ0) is 15.3. The van der Waals surface area contributed by atoms with Crippen molar-refractivity contribution < 1.29 is 9.47 Å². The Balaban J connectivity index is 2.98. The third-order valence-corrected chi connectivity index (χ3v) is 4.16.